The zero-order chi connectivity index (χ0) is 10.6. The molecule has 0 aromatic heterocycles. The Kier molecular flexibility index (Phi) is 3.75. The number of quaternary nitrogens is 1. The predicted octanol–water partition coefficient (Wildman–Crippen LogP) is 0.237. The van der Waals surface area contributed by atoms with E-state index in [0.717, 1.165) is 25.9 Å². The van der Waals surface area contributed by atoms with Crippen molar-refractivity contribution in [1.82, 2.24) is 5.32 Å². The minimum absolute atomic E-state index is 0.288. The number of rotatable bonds is 1. The summed E-state index contributed by atoms with van der Waals surface area (Å²) in [6.45, 7) is 7.82. The first-order valence-electron chi connectivity index (χ1n) is 5.28. The third-order valence-electron chi connectivity index (χ3n) is 2.16. The summed E-state index contributed by atoms with van der Waals surface area (Å²) in [5.74, 6) is 0. The van der Waals surface area contributed by atoms with Crippen LogP contribution in [-0.2, 0) is 4.74 Å². The molecule has 1 amide bonds. The first-order valence-corrected chi connectivity index (χ1v) is 5.28. The Morgan fingerprint density at radius 3 is 2.43 bits per heavy atom. The topological polar surface area (TPSA) is 54.9 Å². The molecular formula is C10H21N2O2+. The molecule has 3 N–H and O–H groups in total. The summed E-state index contributed by atoms with van der Waals surface area (Å²) in [4.78, 5) is 11.4. The maximum absolute atomic E-state index is 11.4. The van der Waals surface area contributed by atoms with Gasteiger partial charge in [-0.05, 0) is 20.8 Å². The lowest BCUT2D eigenvalue weighted by atomic mass is 10.1. The van der Waals surface area contributed by atoms with Crippen LogP contribution in [0.5, 0.6) is 0 Å². The van der Waals surface area contributed by atoms with Crippen LogP contribution in [0.4, 0.5) is 4.79 Å². The van der Waals surface area contributed by atoms with E-state index in [0.29, 0.717) is 6.04 Å². The van der Waals surface area contributed by atoms with Crippen LogP contribution in [0.3, 0.4) is 0 Å². The molecule has 1 aliphatic rings. The van der Waals surface area contributed by atoms with Crippen LogP contribution in [0.25, 0.3) is 0 Å². The van der Waals surface area contributed by atoms with Crippen molar-refractivity contribution in [2.45, 2.75) is 45.3 Å². The number of carbonyl (C=O) groups is 1. The maximum Gasteiger partial charge on any atom is 0.407 e. The van der Waals surface area contributed by atoms with Crippen molar-refractivity contribution >= 4 is 6.09 Å². The summed E-state index contributed by atoms with van der Waals surface area (Å²) in [6.07, 6.45) is 1.79. The van der Waals surface area contributed by atoms with Gasteiger partial charge in [0.25, 0.3) is 0 Å². The molecule has 1 rings (SSSR count). The van der Waals surface area contributed by atoms with Gasteiger partial charge >= 0.3 is 6.09 Å². The maximum atomic E-state index is 11.4. The summed E-state index contributed by atoms with van der Waals surface area (Å²) in [7, 11) is 0. The summed E-state index contributed by atoms with van der Waals surface area (Å²) < 4.78 is 5.18. The second-order valence-electron chi connectivity index (χ2n) is 4.79. The Labute approximate surface area is 85.4 Å². The van der Waals surface area contributed by atoms with E-state index in [1.54, 1.807) is 0 Å². The fraction of sp³-hybridized carbons (Fsp3) is 0.900. The Morgan fingerprint density at radius 1 is 1.36 bits per heavy atom. The first kappa shape index (κ1) is 11.3. The summed E-state index contributed by atoms with van der Waals surface area (Å²) in [5.41, 5.74) is -0.398. The van der Waals surface area contributed by atoms with E-state index in [2.05, 4.69) is 10.6 Å². The molecule has 0 unspecified atom stereocenters. The number of hydrogen-bond acceptors (Lipinski definition) is 2. The molecule has 1 fully saturated rings. The summed E-state index contributed by atoms with van der Waals surface area (Å²) in [5, 5.41) is 5.17. The predicted molar refractivity (Wildman–Crippen MR) is 54.1 cm³/mol. The third-order valence-corrected chi connectivity index (χ3v) is 2.16. The number of alkyl carbamates (subject to hydrolysis) is 1. The molecule has 1 aliphatic heterocycles. The van der Waals surface area contributed by atoms with Crippen LogP contribution in [0.15, 0.2) is 0 Å². The number of amides is 1. The molecule has 0 aliphatic carbocycles. The third kappa shape index (κ3) is 4.46. The highest BCUT2D eigenvalue weighted by atomic mass is 16.6. The SMILES string of the molecule is CC(C)(C)OC(=O)NC1CC[NH2+]CC1. The molecular weight excluding hydrogens is 180 g/mol. The molecule has 14 heavy (non-hydrogen) atoms. The van der Waals surface area contributed by atoms with Gasteiger partial charge in [0.05, 0.1) is 13.1 Å². The number of ether oxygens (including phenoxy) is 1. The standard InChI is InChI=1S/C10H20N2O2/c1-10(2,3)14-9(13)12-8-4-6-11-7-5-8/h8,11H,4-7H2,1-3H3,(H,12,13)/p+1. The van der Waals surface area contributed by atoms with Crippen molar-refractivity contribution in [3.63, 3.8) is 0 Å². The van der Waals surface area contributed by atoms with E-state index in [1.165, 1.54) is 0 Å². The summed E-state index contributed by atoms with van der Waals surface area (Å²) in [6, 6.07) is 0.301. The smallest absolute Gasteiger partial charge is 0.407 e. The first-order chi connectivity index (χ1) is 6.47. The van der Waals surface area contributed by atoms with Crippen molar-refractivity contribution < 1.29 is 14.8 Å². The number of piperidine rings is 1. The van der Waals surface area contributed by atoms with Crippen LogP contribution in [0.1, 0.15) is 33.6 Å². The molecule has 0 saturated carbocycles. The second-order valence-corrected chi connectivity index (χ2v) is 4.79. The molecule has 1 heterocycles. The monoisotopic (exact) mass is 201 g/mol. The Bertz CT molecular complexity index is 193. The molecule has 4 heteroatoms. The average Bonchev–Trinajstić information content (AvgIpc) is 2.02. The van der Waals surface area contributed by atoms with E-state index in [9.17, 15) is 4.79 Å². The van der Waals surface area contributed by atoms with Gasteiger partial charge in [-0.3, -0.25) is 0 Å². The highest BCUT2D eigenvalue weighted by Crippen LogP contribution is 2.07. The van der Waals surface area contributed by atoms with Crippen molar-refractivity contribution in [1.29, 1.82) is 0 Å². The van der Waals surface area contributed by atoms with Crippen LogP contribution in [0.2, 0.25) is 0 Å². The number of nitrogens with one attached hydrogen (secondary N) is 1. The van der Waals surface area contributed by atoms with E-state index in [1.807, 2.05) is 20.8 Å². The van der Waals surface area contributed by atoms with Gasteiger partial charge in [0, 0.05) is 18.9 Å². The highest BCUT2D eigenvalue weighted by molar-refractivity contribution is 5.68. The largest absolute Gasteiger partial charge is 0.444 e. The Hall–Kier alpha value is -0.770. The van der Waals surface area contributed by atoms with Crippen molar-refractivity contribution in [2.24, 2.45) is 0 Å². The van der Waals surface area contributed by atoms with Gasteiger partial charge in [0.2, 0.25) is 0 Å². The molecule has 0 atom stereocenters. The molecule has 4 nitrogen and oxygen atoms in total. The molecule has 82 valence electrons. The number of nitrogens with two attached hydrogens (primary N) is 1. The van der Waals surface area contributed by atoms with E-state index < -0.39 is 5.60 Å². The van der Waals surface area contributed by atoms with Gasteiger partial charge in [-0.2, -0.15) is 0 Å². The second kappa shape index (κ2) is 4.64. The van der Waals surface area contributed by atoms with Crippen molar-refractivity contribution in [3.05, 3.63) is 0 Å². The Morgan fingerprint density at radius 2 is 1.93 bits per heavy atom. The summed E-state index contributed by atoms with van der Waals surface area (Å²) >= 11 is 0. The van der Waals surface area contributed by atoms with E-state index in [-0.39, 0.29) is 6.09 Å². The number of hydrogen-bond donors (Lipinski definition) is 2. The van der Waals surface area contributed by atoms with Crippen LogP contribution in [-0.4, -0.2) is 30.8 Å². The van der Waals surface area contributed by atoms with E-state index in [4.69, 9.17) is 4.74 Å². The van der Waals surface area contributed by atoms with Crippen LogP contribution < -0.4 is 10.6 Å². The van der Waals surface area contributed by atoms with Gasteiger partial charge < -0.3 is 15.4 Å². The van der Waals surface area contributed by atoms with Gasteiger partial charge in [0.15, 0.2) is 0 Å². The van der Waals surface area contributed by atoms with Crippen molar-refractivity contribution in [3.8, 4) is 0 Å². The quantitative estimate of drug-likeness (QED) is 0.638. The average molecular weight is 201 g/mol. The Balaban J connectivity index is 2.25. The van der Waals surface area contributed by atoms with Gasteiger partial charge in [-0.25, -0.2) is 4.79 Å². The fourth-order valence-corrected chi connectivity index (χ4v) is 1.55. The minimum atomic E-state index is -0.398. The normalized spacial score (nSPS) is 19.1. The molecule has 0 radical (unpaired) electrons. The fourth-order valence-electron chi connectivity index (χ4n) is 1.55. The van der Waals surface area contributed by atoms with Gasteiger partial charge in [-0.15, -0.1) is 0 Å². The highest BCUT2D eigenvalue weighted by Gasteiger charge is 2.21. The lowest BCUT2D eigenvalue weighted by Gasteiger charge is -2.24. The number of carbonyl (C=O) groups excluding carboxylic acids is 1. The van der Waals surface area contributed by atoms with Gasteiger partial charge in [-0.1, -0.05) is 0 Å². The van der Waals surface area contributed by atoms with Crippen LogP contribution >= 0.6 is 0 Å². The molecule has 0 bridgehead atoms. The molecule has 0 aromatic rings. The minimum Gasteiger partial charge on any atom is -0.444 e. The molecule has 1 saturated heterocycles. The zero-order valence-electron chi connectivity index (χ0n) is 9.30. The van der Waals surface area contributed by atoms with Crippen LogP contribution in [0, 0.1) is 0 Å². The van der Waals surface area contributed by atoms with Crippen molar-refractivity contribution in [2.75, 3.05) is 13.1 Å². The molecule has 0 aromatic carbocycles. The lowest BCUT2D eigenvalue weighted by molar-refractivity contribution is -0.663. The molecule has 0 spiro atoms. The van der Waals surface area contributed by atoms with E-state index >= 15 is 0 Å². The zero-order valence-corrected chi connectivity index (χ0v) is 9.30. The lowest BCUT2D eigenvalue weighted by Crippen LogP contribution is -2.87. The van der Waals surface area contributed by atoms with Gasteiger partial charge in [0.1, 0.15) is 5.60 Å².